The summed E-state index contributed by atoms with van der Waals surface area (Å²) in [6.45, 7) is 14.9. The molecule has 3 radical (unpaired) electrons. The van der Waals surface area contributed by atoms with Gasteiger partial charge in [-0.25, -0.2) is 0 Å². The fourth-order valence-corrected chi connectivity index (χ4v) is 23.0. The summed E-state index contributed by atoms with van der Waals surface area (Å²) in [7, 11) is 3.77. The first-order chi connectivity index (χ1) is 8.59. The summed E-state index contributed by atoms with van der Waals surface area (Å²) >= 11 is 1.83. The quantitative estimate of drug-likeness (QED) is 0.429. The maximum Gasteiger partial charge on any atom is 0.0458 e. The molecule has 1 rings (SSSR count). The summed E-state index contributed by atoms with van der Waals surface area (Å²) < 4.78 is 0. The van der Waals surface area contributed by atoms with Gasteiger partial charge in [0.2, 0.25) is 0 Å². The summed E-state index contributed by atoms with van der Waals surface area (Å²) in [5.41, 5.74) is 0. The Balaban J connectivity index is 3.24. The third-order valence-corrected chi connectivity index (χ3v) is 20.5. The van der Waals surface area contributed by atoms with Gasteiger partial charge in [0.05, 0.1) is 0 Å². The van der Waals surface area contributed by atoms with Gasteiger partial charge in [-0.2, -0.15) is 0 Å². The highest BCUT2D eigenvalue weighted by molar-refractivity contribution is 8.00. The minimum atomic E-state index is -1.25. The molecule has 0 saturated carbocycles. The van der Waals surface area contributed by atoms with Crippen LogP contribution in [0.25, 0.3) is 0 Å². The van der Waals surface area contributed by atoms with E-state index in [0.717, 1.165) is 4.91 Å². The second kappa shape index (κ2) is 6.51. The Labute approximate surface area is 128 Å². The lowest BCUT2D eigenvalue weighted by molar-refractivity contribution is 1.44. The van der Waals surface area contributed by atoms with Crippen LogP contribution in [0.3, 0.4) is 0 Å². The highest BCUT2D eigenvalue weighted by atomic mass is 32.2. The Hall–Kier alpha value is 0.499. The van der Waals surface area contributed by atoms with Gasteiger partial charge in [-0.05, 0) is 12.3 Å². The van der Waals surface area contributed by atoms with Gasteiger partial charge in [-0.1, -0.05) is 67.7 Å². The summed E-state index contributed by atoms with van der Waals surface area (Å²) in [4.78, 5) is 2.14. The van der Waals surface area contributed by atoms with E-state index in [2.05, 4.69) is 69.8 Å². The minimum absolute atomic E-state index is 0.539. The van der Waals surface area contributed by atoms with Crippen molar-refractivity contribution in [3.63, 3.8) is 0 Å². The van der Waals surface area contributed by atoms with Gasteiger partial charge in [0.25, 0.3) is 0 Å². The van der Waals surface area contributed by atoms with Crippen molar-refractivity contribution >= 4 is 48.6 Å². The Kier molecular flexibility index (Phi) is 6.01. The van der Waals surface area contributed by atoms with Crippen LogP contribution in [0, 0.1) is 0 Å². The monoisotopic (exact) mass is 324 g/mol. The Morgan fingerprint density at radius 3 is 1.89 bits per heavy atom. The molecule has 0 nitrogen and oxygen atoms in total. The zero-order valence-corrected chi connectivity index (χ0v) is 17.0. The maximum absolute atomic E-state index is 6.81. The van der Waals surface area contributed by atoms with Crippen LogP contribution in [-0.2, 0) is 0 Å². The van der Waals surface area contributed by atoms with Crippen molar-refractivity contribution in [2.75, 3.05) is 6.26 Å². The lowest BCUT2D eigenvalue weighted by atomic mass is 10.4. The van der Waals surface area contributed by atoms with Crippen LogP contribution in [0.2, 0.25) is 39.3 Å². The lowest BCUT2D eigenvalue weighted by Crippen LogP contribution is -2.53. The molecule has 0 saturated heterocycles. The van der Waals surface area contributed by atoms with Crippen LogP contribution in [0.5, 0.6) is 0 Å². The molecule has 0 N–H and O–H groups in total. The lowest BCUT2D eigenvalue weighted by Gasteiger charge is -2.51. The normalized spacial score (nSPS) is 14.8. The van der Waals surface area contributed by atoms with E-state index >= 15 is 0 Å². The molecule has 5 heteroatoms. The summed E-state index contributed by atoms with van der Waals surface area (Å²) in [6, 6.07) is 8.73. The van der Waals surface area contributed by atoms with Gasteiger partial charge in [-0.3, -0.25) is 0 Å². The first kappa shape index (κ1) is 17.5. The first-order valence-corrected chi connectivity index (χ1v) is 16.6. The zero-order valence-electron chi connectivity index (χ0n) is 13.3. The van der Waals surface area contributed by atoms with Crippen molar-refractivity contribution in [3.05, 3.63) is 24.3 Å². The molecule has 0 fully saturated rings. The average molecular weight is 324 g/mol. The van der Waals surface area contributed by atoms with Crippen molar-refractivity contribution < 1.29 is 0 Å². The molecular formula is C14H26BPSSi2-. The van der Waals surface area contributed by atoms with Crippen LogP contribution in [0.1, 0.15) is 0 Å². The third kappa shape index (κ3) is 4.49. The SMILES string of the molecule is [B-][P@@](c1ccccc1SC)C([Si](C)(C)C)[Si](C)(C)C. The fourth-order valence-electron chi connectivity index (χ4n) is 3.12. The summed E-state index contributed by atoms with van der Waals surface area (Å²) in [5.74, 6) is 0. The number of rotatable bonds is 5. The highest BCUT2D eigenvalue weighted by Crippen LogP contribution is 2.46. The Bertz CT molecular complexity index is 412. The molecule has 19 heavy (non-hydrogen) atoms. The fraction of sp³-hybridized carbons (Fsp3) is 0.571. The summed E-state index contributed by atoms with van der Waals surface area (Å²) in [5, 5.41) is 1.42. The molecule has 0 heterocycles. The molecule has 0 aliphatic carbocycles. The van der Waals surface area contributed by atoms with Crippen LogP contribution >= 0.6 is 19.6 Å². The van der Waals surface area contributed by atoms with Crippen LogP contribution in [0.4, 0.5) is 0 Å². The van der Waals surface area contributed by atoms with Gasteiger partial charge >= 0.3 is 0 Å². The second-order valence-corrected chi connectivity index (χ2v) is 22.0. The van der Waals surface area contributed by atoms with E-state index in [1.54, 1.807) is 0 Å². The van der Waals surface area contributed by atoms with Crippen LogP contribution in [-0.4, -0.2) is 34.9 Å². The predicted octanol–water partition coefficient (Wildman–Crippen LogP) is 4.72. The molecule has 105 valence electrons. The van der Waals surface area contributed by atoms with E-state index in [-0.39, 0.29) is 0 Å². The molecule has 0 aliphatic heterocycles. The van der Waals surface area contributed by atoms with Crippen molar-refractivity contribution in [1.29, 1.82) is 0 Å². The van der Waals surface area contributed by atoms with E-state index in [4.69, 9.17) is 7.57 Å². The van der Waals surface area contributed by atoms with Crippen LogP contribution < -0.4 is 5.30 Å². The Morgan fingerprint density at radius 2 is 1.47 bits per heavy atom. The molecule has 0 bridgehead atoms. The van der Waals surface area contributed by atoms with Gasteiger partial charge in [0, 0.05) is 21.0 Å². The molecule has 1 aromatic carbocycles. The largest absolute Gasteiger partial charge is 0.573 e. The standard InChI is InChI=1S/C14H26BPSSi2/c1-17-13-11-9-8-10-12(13)16(15)14(18(2,3)4)19(5,6)7/h8-11,14H,1-7H3/q-1/t16-/m0/s1. The molecule has 1 aromatic rings. The molecule has 0 amide bonds. The second-order valence-electron chi connectivity index (χ2n) is 7.21. The van der Waals surface area contributed by atoms with E-state index in [9.17, 15) is 0 Å². The van der Waals surface area contributed by atoms with Crippen molar-refractivity contribution in [3.8, 4) is 0 Å². The number of thioether (sulfide) groups is 1. The van der Waals surface area contributed by atoms with Crippen LogP contribution in [0.15, 0.2) is 29.2 Å². The van der Waals surface area contributed by atoms with Crippen molar-refractivity contribution in [2.45, 2.75) is 49.1 Å². The van der Waals surface area contributed by atoms with Gasteiger partial charge in [0.1, 0.15) is 0 Å². The Morgan fingerprint density at radius 1 is 1.00 bits per heavy atom. The van der Waals surface area contributed by atoms with Gasteiger partial charge < -0.3 is 15.4 Å². The van der Waals surface area contributed by atoms with E-state index in [0.29, 0.717) is 0 Å². The summed E-state index contributed by atoms with van der Waals surface area (Å²) in [6.07, 6.45) is 2.15. The number of hydrogen-bond donors (Lipinski definition) is 0. The molecule has 0 unspecified atom stereocenters. The third-order valence-electron chi connectivity index (χ3n) is 3.28. The molecule has 0 spiro atoms. The van der Waals surface area contributed by atoms with E-state index in [1.165, 1.54) is 10.2 Å². The van der Waals surface area contributed by atoms with E-state index in [1.807, 2.05) is 11.8 Å². The molecule has 1 atom stereocenters. The molecule has 0 aromatic heterocycles. The van der Waals surface area contributed by atoms with Gasteiger partial charge in [-0.15, -0.1) is 11.8 Å². The van der Waals surface area contributed by atoms with E-state index < -0.39 is 23.9 Å². The maximum atomic E-state index is 6.81. The smallest absolute Gasteiger partial charge is 0.0458 e. The highest BCUT2D eigenvalue weighted by Gasteiger charge is 2.37. The van der Waals surface area contributed by atoms with Crippen molar-refractivity contribution in [2.24, 2.45) is 0 Å². The number of benzene rings is 1. The molecular weight excluding hydrogens is 298 g/mol. The predicted molar refractivity (Wildman–Crippen MR) is 101 cm³/mol. The topological polar surface area (TPSA) is 0 Å². The van der Waals surface area contributed by atoms with Crippen molar-refractivity contribution in [1.82, 2.24) is 0 Å². The average Bonchev–Trinajstić information content (AvgIpc) is 2.24. The zero-order chi connectivity index (χ0) is 14.8. The number of hydrogen-bond acceptors (Lipinski definition) is 1. The minimum Gasteiger partial charge on any atom is -0.573 e. The van der Waals surface area contributed by atoms with Gasteiger partial charge in [0.15, 0.2) is 0 Å². The molecule has 0 aliphatic rings. The first-order valence-electron chi connectivity index (χ1n) is 6.76.